The molecule has 1 aromatic heterocycles. The first-order valence-electron chi connectivity index (χ1n) is 4.93. The average molecular weight is 350 g/mol. The number of benzene rings is 1. The number of aromatic nitrogens is 1. The summed E-state index contributed by atoms with van der Waals surface area (Å²) in [5, 5.41) is 6.31. The van der Waals surface area contributed by atoms with Gasteiger partial charge in [0.2, 0.25) is 0 Å². The van der Waals surface area contributed by atoms with Gasteiger partial charge in [-0.05, 0) is 15.9 Å². The van der Waals surface area contributed by atoms with Crippen LogP contribution >= 0.6 is 38.9 Å². The minimum absolute atomic E-state index is 0.500. The maximum atomic E-state index is 6.03. The second kappa shape index (κ2) is 5.77. The topological polar surface area (TPSA) is 43.4 Å². The normalized spacial score (nSPS) is 10.2. The Kier molecular flexibility index (Phi) is 4.31. The molecule has 1 heterocycles. The van der Waals surface area contributed by atoms with Gasteiger partial charge in [-0.25, -0.2) is 4.98 Å². The quantitative estimate of drug-likeness (QED) is 0.892. The first-order chi connectivity index (χ1) is 8.63. The van der Waals surface area contributed by atoms with Crippen molar-refractivity contribution < 1.29 is 9.47 Å². The lowest BCUT2D eigenvalue weighted by atomic mass is 10.2. The number of nitrogens with one attached hydrogen (secondary N) is 1. The van der Waals surface area contributed by atoms with Gasteiger partial charge in [0.25, 0.3) is 0 Å². The molecule has 0 saturated carbocycles. The molecule has 4 nitrogen and oxygen atoms in total. The summed E-state index contributed by atoms with van der Waals surface area (Å²) in [5.41, 5.74) is 0.751. The van der Waals surface area contributed by atoms with Crippen molar-refractivity contribution in [2.45, 2.75) is 0 Å². The monoisotopic (exact) mass is 348 g/mol. The molecule has 0 radical (unpaired) electrons. The zero-order valence-electron chi connectivity index (χ0n) is 9.66. The van der Waals surface area contributed by atoms with E-state index < -0.39 is 0 Å². The Morgan fingerprint density at radius 1 is 1.28 bits per heavy atom. The summed E-state index contributed by atoms with van der Waals surface area (Å²) in [6, 6.07) is 3.47. The molecule has 0 unspecified atom stereocenters. The summed E-state index contributed by atoms with van der Waals surface area (Å²) in [6.07, 6.45) is 0. The molecule has 0 saturated heterocycles. The Morgan fingerprint density at radius 2 is 2.00 bits per heavy atom. The van der Waals surface area contributed by atoms with Gasteiger partial charge in [-0.3, -0.25) is 0 Å². The number of halogens is 2. The molecule has 0 amide bonds. The smallest absolute Gasteiger partial charge is 0.188 e. The predicted octanol–water partition coefficient (Wildman–Crippen LogP) is 4.32. The van der Waals surface area contributed by atoms with Gasteiger partial charge in [0.05, 0.1) is 24.9 Å². The number of anilines is 2. The lowest BCUT2D eigenvalue weighted by molar-refractivity contribution is 0.405. The van der Waals surface area contributed by atoms with Gasteiger partial charge < -0.3 is 14.8 Å². The van der Waals surface area contributed by atoms with Crippen LogP contribution in [0.2, 0.25) is 5.02 Å². The summed E-state index contributed by atoms with van der Waals surface area (Å²) in [6.45, 7) is 0. The molecular formula is C11H10BrClN2O2S. The summed E-state index contributed by atoms with van der Waals surface area (Å²) in [7, 11) is 3.15. The molecule has 96 valence electrons. The predicted molar refractivity (Wildman–Crippen MR) is 77.7 cm³/mol. The number of hydrogen-bond donors (Lipinski definition) is 1. The van der Waals surface area contributed by atoms with E-state index in [9.17, 15) is 0 Å². The molecule has 0 bridgehead atoms. The highest BCUT2D eigenvalue weighted by Crippen LogP contribution is 2.37. The van der Waals surface area contributed by atoms with Crippen LogP contribution in [0.3, 0.4) is 0 Å². The molecule has 1 N–H and O–H groups in total. The largest absolute Gasteiger partial charge is 0.495 e. The number of methoxy groups -OCH3 is 2. The van der Waals surface area contributed by atoms with Crippen molar-refractivity contribution in [2.24, 2.45) is 0 Å². The fraction of sp³-hybridized carbons (Fsp3) is 0.182. The maximum absolute atomic E-state index is 6.03. The van der Waals surface area contributed by atoms with E-state index in [2.05, 4.69) is 26.2 Å². The standard InChI is InChI=1S/C11H10BrClN2O2S/c1-16-8-4-7(9(17-2)3-6(8)13)14-11-15-10(12)5-18-11/h3-5H,1-2H3,(H,14,15). The first-order valence-corrected chi connectivity index (χ1v) is 6.98. The van der Waals surface area contributed by atoms with Gasteiger partial charge in [-0.2, -0.15) is 0 Å². The molecule has 18 heavy (non-hydrogen) atoms. The molecule has 0 fully saturated rings. The lowest BCUT2D eigenvalue weighted by Crippen LogP contribution is -1.96. The SMILES string of the molecule is COc1cc(Nc2nc(Br)cs2)c(OC)cc1Cl. The Balaban J connectivity index is 2.36. The number of nitrogens with zero attached hydrogens (tertiary/aromatic N) is 1. The Hall–Kier alpha value is -0.980. The van der Waals surface area contributed by atoms with E-state index in [0.717, 1.165) is 15.4 Å². The van der Waals surface area contributed by atoms with E-state index in [4.69, 9.17) is 21.1 Å². The van der Waals surface area contributed by atoms with Crippen molar-refractivity contribution in [3.8, 4) is 11.5 Å². The zero-order valence-corrected chi connectivity index (χ0v) is 12.8. The summed E-state index contributed by atoms with van der Waals surface area (Å²) < 4.78 is 11.2. The Labute approximate surface area is 122 Å². The first kappa shape index (κ1) is 13.5. The third kappa shape index (κ3) is 2.88. The number of hydrogen-bond acceptors (Lipinski definition) is 5. The third-order valence-electron chi connectivity index (χ3n) is 2.19. The highest BCUT2D eigenvalue weighted by molar-refractivity contribution is 9.10. The molecular weight excluding hydrogens is 340 g/mol. The summed E-state index contributed by atoms with van der Waals surface area (Å²) in [5.74, 6) is 1.21. The van der Waals surface area contributed by atoms with E-state index in [1.54, 1.807) is 26.4 Å². The van der Waals surface area contributed by atoms with E-state index in [1.165, 1.54) is 11.3 Å². The van der Waals surface area contributed by atoms with Crippen LogP contribution in [0.25, 0.3) is 0 Å². The number of thiazole rings is 1. The number of rotatable bonds is 4. The average Bonchev–Trinajstić information content (AvgIpc) is 2.76. The summed E-state index contributed by atoms with van der Waals surface area (Å²) >= 11 is 10.8. The van der Waals surface area contributed by atoms with Crippen LogP contribution in [0, 0.1) is 0 Å². The molecule has 0 aliphatic rings. The van der Waals surface area contributed by atoms with Crippen molar-refractivity contribution in [3.05, 3.63) is 27.1 Å². The zero-order chi connectivity index (χ0) is 13.1. The molecule has 0 spiro atoms. The lowest BCUT2D eigenvalue weighted by Gasteiger charge is -2.12. The van der Waals surface area contributed by atoms with Crippen molar-refractivity contribution in [3.63, 3.8) is 0 Å². The van der Waals surface area contributed by atoms with E-state index in [1.807, 2.05) is 5.38 Å². The van der Waals surface area contributed by atoms with Crippen molar-refractivity contribution >= 4 is 49.7 Å². The third-order valence-corrected chi connectivity index (χ3v) is 3.95. The fourth-order valence-electron chi connectivity index (χ4n) is 1.38. The highest BCUT2D eigenvalue weighted by atomic mass is 79.9. The van der Waals surface area contributed by atoms with Gasteiger partial charge in [-0.15, -0.1) is 11.3 Å². The second-order valence-corrected chi connectivity index (χ2v) is 5.37. The van der Waals surface area contributed by atoms with Crippen molar-refractivity contribution in [2.75, 3.05) is 19.5 Å². The van der Waals surface area contributed by atoms with Gasteiger partial charge in [0, 0.05) is 17.5 Å². The van der Waals surface area contributed by atoms with E-state index >= 15 is 0 Å². The van der Waals surface area contributed by atoms with Crippen LogP contribution < -0.4 is 14.8 Å². The Morgan fingerprint density at radius 3 is 2.56 bits per heavy atom. The van der Waals surface area contributed by atoms with Gasteiger partial charge >= 0.3 is 0 Å². The minimum Gasteiger partial charge on any atom is -0.495 e. The van der Waals surface area contributed by atoms with Crippen LogP contribution in [-0.4, -0.2) is 19.2 Å². The fourth-order valence-corrected chi connectivity index (χ4v) is 2.77. The van der Waals surface area contributed by atoms with Gasteiger partial charge in [0.15, 0.2) is 5.13 Å². The van der Waals surface area contributed by atoms with Crippen LogP contribution in [0.15, 0.2) is 22.1 Å². The maximum Gasteiger partial charge on any atom is 0.188 e. The van der Waals surface area contributed by atoms with Crippen molar-refractivity contribution in [1.29, 1.82) is 0 Å². The molecule has 2 rings (SSSR count). The number of ether oxygens (including phenoxy) is 2. The van der Waals surface area contributed by atoms with Crippen LogP contribution in [-0.2, 0) is 0 Å². The molecule has 0 aliphatic carbocycles. The van der Waals surface area contributed by atoms with Gasteiger partial charge in [0.1, 0.15) is 16.1 Å². The summed E-state index contributed by atoms with van der Waals surface area (Å²) in [4.78, 5) is 4.25. The molecule has 7 heteroatoms. The van der Waals surface area contributed by atoms with Gasteiger partial charge in [-0.1, -0.05) is 11.6 Å². The van der Waals surface area contributed by atoms with Crippen LogP contribution in [0.4, 0.5) is 10.8 Å². The Bertz CT molecular complexity index is 562. The minimum atomic E-state index is 0.500. The van der Waals surface area contributed by atoms with E-state index in [0.29, 0.717) is 16.5 Å². The molecule has 1 aromatic carbocycles. The molecule has 0 aliphatic heterocycles. The van der Waals surface area contributed by atoms with Crippen LogP contribution in [0.1, 0.15) is 0 Å². The second-order valence-electron chi connectivity index (χ2n) is 3.29. The van der Waals surface area contributed by atoms with Crippen LogP contribution in [0.5, 0.6) is 11.5 Å². The van der Waals surface area contributed by atoms with E-state index in [-0.39, 0.29) is 0 Å². The molecule has 2 aromatic rings. The highest BCUT2D eigenvalue weighted by Gasteiger charge is 2.11. The molecule has 0 atom stereocenters. The van der Waals surface area contributed by atoms with Crippen molar-refractivity contribution in [1.82, 2.24) is 4.98 Å².